The molecule has 5 nitrogen and oxygen atoms in total. The van der Waals surface area contributed by atoms with Crippen molar-refractivity contribution in [1.82, 2.24) is 4.90 Å². The van der Waals surface area contributed by atoms with Gasteiger partial charge < -0.3 is 16.2 Å². The molecule has 1 unspecified atom stereocenters. The molecule has 1 aromatic carbocycles. The monoisotopic (exact) mass is 291 g/mol. The molecule has 5 heteroatoms. The number of piperidine rings is 1. The maximum absolute atomic E-state index is 12.4. The van der Waals surface area contributed by atoms with Crippen LogP contribution in [0.15, 0.2) is 18.2 Å². The average Bonchev–Trinajstić information content (AvgIpc) is 2.41. The van der Waals surface area contributed by atoms with E-state index in [0.29, 0.717) is 18.5 Å². The lowest BCUT2D eigenvalue weighted by molar-refractivity contribution is -0.122. The number of anilines is 2. The van der Waals surface area contributed by atoms with Crippen molar-refractivity contribution in [2.24, 2.45) is 0 Å². The lowest BCUT2D eigenvalue weighted by Gasteiger charge is -2.38. The van der Waals surface area contributed by atoms with Crippen LogP contribution in [0, 0.1) is 6.92 Å². The first kappa shape index (κ1) is 15.8. The molecule has 1 aliphatic rings. The molecule has 0 aromatic heterocycles. The highest BCUT2D eigenvalue weighted by atomic mass is 16.3. The summed E-state index contributed by atoms with van der Waals surface area (Å²) >= 11 is 0. The summed E-state index contributed by atoms with van der Waals surface area (Å²) in [6.07, 6.45) is 1.40. The molecule has 1 fully saturated rings. The van der Waals surface area contributed by atoms with Gasteiger partial charge in [-0.15, -0.1) is 0 Å². The number of carbonyl (C=O) groups is 1. The second-order valence-corrected chi connectivity index (χ2v) is 6.27. The van der Waals surface area contributed by atoms with Crippen LogP contribution in [0.1, 0.15) is 32.3 Å². The van der Waals surface area contributed by atoms with Crippen LogP contribution in [-0.2, 0) is 4.79 Å². The Hall–Kier alpha value is -1.59. The fourth-order valence-electron chi connectivity index (χ4n) is 2.62. The number of aliphatic hydroxyl groups is 1. The van der Waals surface area contributed by atoms with Crippen LogP contribution in [0.2, 0.25) is 0 Å². The standard InChI is InChI=1S/C16H25N3O2/c1-11-10-13(17)4-5-14(11)18-15(20)12(2)19-8-6-16(3,21)7-9-19/h4-5,10,12,21H,6-9,17H2,1-3H3,(H,18,20). The van der Waals surface area contributed by atoms with Crippen LogP contribution in [-0.4, -0.2) is 40.6 Å². The van der Waals surface area contributed by atoms with Gasteiger partial charge in [-0.05, 0) is 57.4 Å². The molecule has 4 N–H and O–H groups in total. The fraction of sp³-hybridized carbons (Fsp3) is 0.562. The Morgan fingerprint density at radius 2 is 2.05 bits per heavy atom. The highest BCUT2D eigenvalue weighted by Gasteiger charge is 2.31. The summed E-state index contributed by atoms with van der Waals surface area (Å²) in [6.45, 7) is 7.16. The first-order valence-corrected chi connectivity index (χ1v) is 7.42. The predicted octanol–water partition coefficient (Wildman–Crippen LogP) is 1.75. The van der Waals surface area contributed by atoms with Crippen LogP contribution in [0.3, 0.4) is 0 Å². The minimum atomic E-state index is -0.597. The van der Waals surface area contributed by atoms with Gasteiger partial charge >= 0.3 is 0 Å². The minimum Gasteiger partial charge on any atom is -0.399 e. The van der Waals surface area contributed by atoms with Crippen LogP contribution >= 0.6 is 0 Å². The Labute approximate surface area is 126 Å². The maximum Gasteiger partial charge on any atom is 0.241 e. The summed E-state index contributed by atoms with van der Waals surface area (Å²) in [5, 5.41) is 12.9. The number of rotatable bonds is 3. The average molecular weight is 291 g/mol. The second kappa shape index (κ2) is 6.03. The number of aryl methyl sites for hydroxylation is 1. The van der Waals surface area contributed by atoms with Gasteiger partial charge in [-0.25, -0.2) is 0 Å². The van der Waals surface area contributed by atoms with Crippen molar-refractivity contribution in [3.05, 3.63) is 23.8 Å². The third kappa shape index (κ3) is 3.95. The van der Waals surface area contributed by atoms with Gasteiger partial charge in [0, 0.05) is 24.5 Å². The smallest absolute Gasteiger partial charge is 0.241 e. The molecule has 1 atom stereocenters. The summed E-state index contributed by atoms with van der Waals surface area (Å²) in [5.74, 6) is -0.0237. The minimum absolute atomic E-state index is 0.0237. The van der Waals surface area contributed by atoms with E-state index in [1.54, 1.807) is 6.07 Å². The van der Waals surface area contributed by atoms with Gasteiger partial charge in [-0.1, -0.05) is 0 Å². The van der Waals surface area contributed by atoms with Gasteiger partial charge in [-0.3, -0.25) is 9.69 Å². The SMILES string of the molecule is Cc1cc(N)ccc1NC(=O)C(C)N1CCC(C)(O)CC1. The molecule has 0 saturated carbocycles. The summed E-state index contributed by atoms with van der Waals surface area (Å²) in [6, 6.07) is 5.25. The quantitative estimate of drug-likeness (QED) is 0.741. The number of hydrogen-bond donors (Lipinski definition) is 3. The zero-order valence-corrected chi connectivity index (χ0v) is 13.0. The number of nitrogen functional groups attached to an aromatic ring is 1. The molecule has 0 spiro atoms. The lowest BCUT2D eigenvalue weighted by Crippen LogP contribution is -2.50. The topological polar surface area (TPSA) is 78.6 Å². The van der Waals surface area contributed by atoms with Crippen molar-refractivity contribution >= 4 is 17.3 Å². The van der Waals surface area contributed by atoms with Crippen LogP contribution in [0.5, 0.6) is 0 Å². The normalized spacial score (nSPS) is 20.0. The highest BCUT2D eigenvalue weighted by Crippen LogP contribution is 2.23. The molecule has 2 rings (SSSR count). The van der Waals surface area contributed by atoms with Crippen molar-refractivity contribution in [3.8, 4) is 0 Å². The number of nitrogens with zero attached hydrogens (tertiary/aromatic N) is 1. The molecule has 21 heavy (non-hydrogen) atoms. The second-order valence-electron chi connectivity index (χ2n) is 6.27. The van der Waals surface area contributed by atoms with Crippen molar-refractivity contribution in [3.63, 3.8) is 0 Å². The number of carbonyl (C=O) groups excluding carboxylic acids is 1. The molecule has 1 amide bonds. The molecule has 1 heterocycles. The Morgan fingerprint density at radius 1 is 1.43 bits per heavy atom. The Morgan fingerprint density at radius 3 is 2.62 bits per heavy atom. The van der Waals surface area contributed by atoms with Gasteiger partial charge in [0.2, 0.25) is 5.91 Å². The predicted molar refractivity (Wildman–Crippen MR) is 85.1 cm³/mol. The van der Waals surface area contributed by atoms with E-state index in [1.165, 1.54) is 0 Å². The highest BCUT2D eigenvalue weighted by molar-refractivity contribution is 5.95. The Balaban J connectivity index is 1.97. The zero-order valence-electron chi connectivity index (χ0n) is 13.0. The van der Waals surface area contributed by atoms with Crippen LogP contribution in [0.25, 0.3) is 0 Å². The number of hydrogen-bond acceptors (Lipinski definition) is 4. The lowest BCUT2D eigenvalue weighted by atomic mass is 9.93. The van der Waals surface area contributed by atoms with Gasteiger partial charge in [0.15, 0.2) is 0 Å². The fourth-order valence-corrected chi connectivity index (χ4v) is 2.62. The molecular formula is C16H25N3O2. The summed E-state index contributed by atoms with van der Waals surface area (Å²) in [7, 11) is 0. The van der Waals surface area contributed by atoms with Crippen molar-refractivity contribution in [2.75, 3.05) is 24.1 Å². The van der Waals surface area contributed by atoms with E-state index in [4.69, 9.17) is 5.73 Å². The molecule has 0 radical (unpaired) electrons. The molecule has 1 saturated heterocycles. The third-order valence-electron chi connectivity index (χ3n) is 4.31. The van der Waals surface area contributed by atoms with Gasteiger partial charge in [0.25, 0.3) is 0 Å². The maximum atomic E-state index is 12.4. The van der Waals surface area contributed by atoms with E-state index in [-0.39, 0.29) is 11.9 Å². The molecule has 0 aliphatic carbocycles. The molecule has 1 aliphatic heterocycles. The molecule has 1 aromatic rings. The van der Waals surface area contributed by atoms with E-state index in [0.717, 1.165) is 24.3 Å². The number of amides is 1. The van der Waals surface area contributed by atoms with E-state index in [9.17, 15) is 9.90 Å². The number of nitrogens with one attached hydrogen (secondary N) is 1. The van der Waals surface area contributed by atoms with Crippen molar-refractivity contribution < 1.29 is 9.90 Å². The van der Waals surface area contributed by atoms with Gasteiger partial charge in [0.1, 0.15) is 0 Å². The van der Waals surface area contributed by atoms with Crippen molar-refractivity contribution in [2.45, 2.75) is 45.3 Å². The van der Waals surface area contributed by atoms with Crippen molar-refractivity contribution in [1.29, 1.82) is 0 Å². The third-order valence-corrected chi connectivity index (χ3v) is 4.31. The molecule has 116 valence electrons. The summed E-state index contributed by atoms with van der Waals surface area (Å²) < 4.78 is 0. The summed E-state index contributed by atoms with van der Waals surface area (Å²) in [5.41, 5.74) is 7.56. The number of likely N-dealkylation sites (tertiary alicyclic amines) is 1. The first-order chi connectivity index (χ1) is 9.78. The van der Waals surface area contributed by atoms with E-state index < -0.39 is 5.60 Å². The number of nitrogens with two attached hydrogens (primary N) is 1. The number of benzene rings is 1. The van der Waals surface area contributed by atoms with Gasteiger partial charge in [0.05, 0.1) is 11.6 Å². The summed E-state index contributed by atoms with van der Waals surface area (Å²) in [4.78, 5) is 14.5. The van der Waals surface area contributed by atoms with Gasteiger partial charge in [-0.2, -0.15) is 0 Å². The largest absolute Gasteiger partial charge is 0.399 e. The Bertz CT molecular complexity index is 518. The first-order valence-electron chi connectivity index (χ1n) is 7.42. The van der Waals surface area contributed by atoms with Crippen LogP contribution < -0.4 is 11.1 Å². The molecule has 0 bridgehead atoms. The van der Waals surface area contributed by atoms with E-state index in [2.05, 4.69) is 10.2 Å². The zero-order chi connectivity index (χ0) is 15.6. The van der Waals surface area contributed by atoms with Crippen LogP contribution in [0.4, 0.5) is 11.4 Å². The molecular weight excluding hydrogens is 266 g/mol. The van der Waals surface area contributed by atoms with E-state index in [1.807, 2.05) is 32.9 Å². The Kier molecular flexibility index (Phi) is 4.54. The van der Waals surface area contributed by atoms with E-state index >= 15 is 0 Å².